The molecule has 0 radical (unpaired) electrons. The quantitative estimate of drug-likeness (QED) is 0.908. The Kier molecular flexibility index (Phi) is 5.44. The minimum atomic E-state index is 0. The average molecular weight is 271 g/mol. The van der Waals surface area contributed by atoms with E-state index in [2.05, 4.69) is 18.8 Å². The highest BCUT2D eigenvalue weighted by Gasteiger charge is 2.09. The summed E-state index contributed by atoms with van der Waals surface area (Å²) in [5.74, 6) is 1.11. The summed E-state index contributed by atoms with van der Waals surface area (Å²) in [5, 5.41) is 10.1. The maximum Gasteiger partial charge on any atom is 0.238 e. The minimum Gasteiger partial charge on any atom is -0.476 e. The molecule has 0 aliphatic carbocycles. The van der Waals surface area contributed by atoms with Gasteiger partial charge in [0, 0.05) is 24.3 Å². The lowest BCUT2D eigenvalue weighted by molar-refractivity contribution is 0.260. The molecule has 0 fully saturated rings. The first kappa shape index (κ1) is 14.8. The summed E-state index contributed by atoms with van der Waals surface area (Å²) < 4.78 is 7.68. The van der Waals surface area contributed by atoms with Gasteiger partial charge in [0.05, 0.1) is 13.2 Å². The molecule has 0 bridgehead atoms. The normalized spacial score (nSPS) is 10.7. The number of pyridine rings is 1. The second-order valence-corrected chi connectivity index (χ2v) is 4.49. The highest BCUT2D eigenvalue weighted by molar-refractivity contribution is 5.85. The Morgan fingerprint density at radius 1 is 1.39 bits per heavy atom. The van der Waals surface area contributed by atoms with Crippen LogP contribution in [0.1, 0.15) is 13.8 Å². The van der Waals surface area contributed by atoms with Crippen LogP contribution >= 0.6 is 12.4 Å². The van der Waals surface area contributed by atoms with Crippen molar-refractivity contribution in [3.05, 3.63) is 24.5 Å². The van der Waals surface area contributed by atoms with Crippen molar-refractivity contribution in [1.29, 1.82) is 0 Å². The molecule has 0 aromatic carbocycles. The molecule has 5 heteroatoms. The third-order valence-corrected chi connectivity index (χ3v) is 2.54. The highest BCUT2D eigenvalue weighted by Crippen LogP contribution is 2.24. The summed E-state index contributed by atoms with van der Waals surface area (Å²) in [5.41, 5.74) is 0.960. The van der Waals surface area contributed by atoms with E-state index in [9.17, 15) is 0 Å². The fraction of sp³-hybridized carbons (Fsp3) is 0.462. The molecule has 0 saturated heterocycles. The van der Waals surface area contributed by atoms with Gasteiger partial charge in [-0.25, -0.2) is 4.98 Å². The van der Waals surface area contributed by atoms with Crippen LogP contribution in [0.15, 0.2) is 24.5 Å². The molecule has 2 heterocycles. The first-order valence-electron chi connectivity index (χ1n) is 5.90. The molecule has 0 saturated carbocycles. The van der Waals surface area contributed by atoms with E-state index >= 15 is 0 Å². The van der Waals surface area contributed by atoms with Gasteiger partial charge in [-0.3, -0.25) is 0 Å². The third kappa shape index (κ3) is 3.15. The van der Waals surface area contributed by atoms with Crippen LogP contribution < -0.4 is 4.74 Å². The van der Waals surface area contributed by atoms with Crippen LogP contribution in [0.25, 0.3) is 10.9 Å². The van der Waals surface area contributed by atoms with Gasteiger partial charge in [0.25, 0.3) is 0 Å². The lowest BCUT2D eigenvalue weighted by Crippen LogP contribution is -2.08. The monoisotopic (exact) mass is 270 g/mol. The Morgan fingerprint density at radius 2 is 2.17 bits per heavy atom. The molecule has 0 aliphatic rings. The van der Waals surface area contributed by atoms with Crippen molar-refractivity contribution in [2.24, 2.45) is 5.92 Å². The molecule has 0 atom stereocenters. The van der Waals surface area contributed by atoms with Crippen LogP contribution in [0.5, 0.6) is 5.88 Å². The van der Waals surface area contributed by atoms with E-state index in [0.29, 0.717) is 24.9 Å². The molecule has 0 amide bonds. The number of ether oxygens (including phenoxy) is 1. The van der Waals surface area contributed by atoms with Crippen LogP contribution in [0.2, 0.25) is 0 Å². The Labute approximate surface area is 113 Å². The van der Waals surface area contributed by atoms with Crippen LogP contribution in [-0.2, 0) is 6.54 Å². The lowest BCUT2D eigenvalue weighted by Gasteiger charge is -2.11. The van der Waals surface area contributed by atoms with E-state index in [-0.39, 0.29) is 19.0 Å². The van der Waals surface area contributed by atoms with Crippen molar-refractivity contribution in [2.45, 2.75) is 20.4 Å². The van der Waals surface area contributed by atoms with Gasteiger partial charge in [-0.1, -0.05) is 13.8 Å². The number of rotatable bonds is 5. The fourth-order valence-corrected chi connectivity index (χ4v) is 1.76. The summed E-state index contributed by atoms with van der Waals surface area (Å²) in [7, 11) is 0. The number of hydrogen-bond acceptors (Lipinski definition) is 3. The van der Waals surface area contributed by atoms with Crippen molar-refractivity contribution in [3.63, 3.8) is 0 Å². The number of halogens is 1. The molecule has 100 valence electrons. The molecule has 2 aromatic rings. The number of nitrogens with zero attached hydrogens (tertiary/aromatic N) is 2. The average Bonchev–Trinajstić information content (AvgIpc) is 2.71. The first-order valence-corrected chi connectivity index (χ1v) is 5.90. The van der Waals surface area contributed by atoms with E-state index < -0.39 is 0 Å². The smallest absolute Gasteiger partial charge is 0.238 e. The maximum atomic E-state index is 9.02. The predicted octanol–water partition coefficient (Wildman–Crippen LogP) is 2.49. The lowest BCUT2D eigenvalue weighted by atomic mass is 10.2. The summed E-state index contributed by atoms with van der Waals surface area (Å²) in [6, 6.07) is 3.96. The fourth-order valence-electron chi connectivity index (χ4n) is 1.76. The molecule has 0 spiro atoms. The van der Waals surface area contributed by atoms with Gasteiger partial charge in [-0.05, 0) is 18.1 Å². The van der Waals surface area contributed by atoms with Gasteiger partial charge < -0.3 is 14.4 Å². The van der Waals surface area contributed by atoms with Crippen LogP contribution in [0.4, 0.5) is 0 Å². The topological polar surface area (TPSA) is 47.3 Å². The second kappa shape index (κ2) is 6.61. The zero-order valence-electron chi connectivity index (χ0n) is 10.7. The van der Waals surface area contributed by atoms with Gasteiger partial charge in [-0.15, -0.1) is 12.4 Å². The predicted molar refractivity (Wildman–Crippen MR) is 74.4 cm³/mol. The molecular weight excluding hydrogens is 252 g/mol. The van der Waals surface area contributed by atoms with Gasteiger partial charge >= 0.3 is 0 Å². The van der Waals surface area contributed by atoms with Gasteiger partial charge in [0.2, 0.25) is 5.88 Å². The van der Waals surface area contributed by atoms with E-state index in [4.69, 9.17) is 9.84 Å². The minimum absolute atomic E-state index is 0. The van der Waals surface area contributed by atoms with Gasteiger partial charge in [0.15, 0.2) is 0 Å². The van der Waals surface area contributed by atoms with Crippen molar-refractivity contribution in [1.82, 2.24) is 9.55 Å². The molecular formula is C13H19ClN2O2. The van der Waals surface area contributed by atoms with Gasteiger partial charge in [-0.2, -0.15) is 0 Å². The molecule has 1 N–H and O–H groups in total. The van der Waals surface area contributed by atoms with E-state index in [1.54, 1.807) is 6.20 Å². The Hall–Kier alpha value is -1.26. The second-order valence-electron chi connectivity index (χ2n) is 4.49. The number of aliphatic hydroxyl groups excluding tert-OH is 1. The largest absolute Gasteiger partial charge is 0.476 e. The summed E-state index contributed by atoms with van der Waals surface area (Å²) in [6.07, 6.45) is 3.70. The van der Waals surface area contributed by atoms with Crippen molar-refractivity contribution in [3.8, 4) is 5.88 Å². The van der Waals surface area contributed by atoms with Crippen LogP contribution in [0.3, 0.4) is 0 Å². The van der Waals surface area contributed by atoms with Crippen molar-refractivity contribution in [2.75, 3.05) is 13.2 Å². The molecule has 2 rings (SSSR count). The summed E-state index contributed by atoms with van der Waals surface area (Å²) >= 11 is 0. The van der Waals surface area contributed by atoms with Crippen LogP contribution in [-0.4, -0.2) is 27.9 Å². The van der Waals surface area contributed by atoms with Crippen molar-refractivity contribution >= 4 is 23.3 Å². The zero-order chi connectivity index (χ0) is 12.3. The number of aromatic nitrogens is 2. The SMILES string of the molecule is CC(C)COc1nccc2ccn(CCO)c12.Cl. The Morgan fingerprint density at radius 3 is 2.83 bits per heavy atom. The first-order chi connectivity index (χ1) is 8.22. The molecule has 4 nitrogen and oxygen atoms in total. The summed E-state index contributed by atoms with van der Waals surface area (Å²) in [4.78, 5) is 4.27. The van der Waals surface area contributed by atoms with Gasteiger partial charge in [0.1, 0.15) is 5.52 Å². The molecule has 0 unspecified atom stereocenters. The van der Waals surface area contributed by atoms with E-state index in [1.165, 1.54) is 0 Å². The molecule has 0 aliphatic heterocycles. The third-order valence-electron chi connectivity index (χ3n) is 2.54. The number of hydrogen-bond donors (Lipinski definition) is 1. The number of aliphatic hydroxyl groups is 1. The Balaban J connectivity index is 0.00000162. The van der Waals surface area contributed by atoms with Crippen LogP contribution in [0, 0.1) is 5.92 Å². The van der Waals surface area contributed by atoms with E-state index in [1.807, 2.05) is 22.9 Å². The highest BCUT2D eigenvalue weighted by atomic mass is 35.5. The zero-order valence-corrected chi connectivity index (χ0v) is 11.5. The standard InChI is InChI=1S/C13H18N2O2.ClH/c1-10(2)9-17-13-12-11(3-5-14-13)4-6-15(12)7-8-16;/h3-6,10,16H,7-9H2,1-2H3;1H. The molecule has 18 heavy (non-hydrogen) atoms. The maximum absolute atomic E-state index is 9.02. The molecule has 2 aromatic heterocycles. The number of fused-ring (bicyclic) bond motifs is 1. The Bertz CT molecular complexity index is 497. The summed E-state index contributed by atoms with van der Waals surface area (Å²) in [6.45, 7) is 5.53. The van der Waals surface area contributed by atoms with E-state index in [0.717, 1.165) is 10.9 Å². The van der Waals surface area contributed by atoms with Crippen molar-refractivity contribution < 1.29 is 9.84 Å².